The maximum Gasteiger partial charge on any atom is 0.252 e. The Bertz CT molecular complexity index is 666. The smallest absolute Gasteiger partial charge is 0.252 e. The van der Waals surface area contributed by atoms with E-state index in [-0.39, 0.29) is 5.56 Å². The van der Waals surface area contributed by atoms with E-state index in [0.717, 1.165) is 28.6 Å². The van der Waals surface area contributed by atoms with Crippen LogP contribution in [0.1, 0.15) is 24.6 Å². The molecule has 0 saturated heterocycles. The summed E-state index contributed by atoms with van der Waals surface area (Å²) < 4.78 is 0.951. The van der Waals surface area contributed by atoms with Gasteiger partial charge in [0.25, 0.3) is 5.56 Å². The second-order valence-corrected chi connectivity index (χ2v) is 5.08. The summed E-state index contributed by atoms with van der Waals surface area (Å²) in [6.07, 6.45) is 3.37. The van der Waals surface area contributed by atoms with E-state index < -0.39 is 0 Å². The van der Waals surface area contributed by atoms with Gasteiger partial charge in [-0.05, 0) is 12.5 Å². The third-order valence-corrected chi connectivity index (χ3v) is 3.30. The molecule has 1 aromatic carbocycles. The molecule has 6 heteroatoms. The number of rotatable bonds is 5. The highest BCUT2D eigenvalue weighted by atomic mass is 79.9. The molecule has 0 bridgehead atoms. The molecule has 0 radical (unpaired) electrons. The molecule has 2 N–H and O–H groups in total. The van der Waals surface area contributed by atoms with Crippen molar-refractivity contribution in [2.45, 2.75) is 19.8 Å². The van der Waals surface area contributed by atoms with Crippen molar-refractivity contribution in [3.8, 4) is 0 Å². The van der Waals surface area contributed by atoms with E-state index in [0.29, 0.717) is 5.95 Å². The van der Waals surface area contributed by atoms with Crippen LogP contribution in [0.3, 0.4) is 0 Å². The normalized spacial score (nSPS) is 10.9. The Hall–Kier alpha value is -1.95. The van der Waals surface area contributed by atoms with Gasteiger partial charge in [-0.15, -0.1) is 0 Å². The predicted octanol–water partition coefficient (Wildman–Crippen LogP) is 2.93. The lowest BCUT2D eigenvalue weighted by Crippen LogP contribution is -2.12. The van der Waals surface area contributed by atoms with Crippen LogP contribution in [0.25, 0.3) is 0 Å². The molecule has 20 heavy (non-hydrogen) atoms. The molecule has 2 aromatic rings. The van der Waals surface area contributed by atoms with E-state index in [1.807, 2.05) is 31.2 Å². The number of nitrogens with one attached hydrogen (secondary N) is 2. The molecule has 0 aliphatic heterocycles. The minimum Gasteiger partial charge on any atom is -0.291 e. The van der Waals surface area contributed by atoms with Gasteiger partial charge >= 0.3 is 0 Å². The van der Waals surface area contributed by atoms with Crippen molar-refractivity contribution in [2.75, 3.05) is 5.43 Å². The summed E-state index contributed by atoms with van der Waals surface area (Å²) in [5.41, 5.74) is 4.26. The van der Waals surface area contributed by atoms with Crippen molar-refractivity contribution in [2.24, 2.45) is 5.10 Å². The number of hydrogen-bond donors (Lipinski definition) is 2. The summed E-state index contributed by atoms with van der Waals surface area (Å²) in [6, 6.07) is 9.23. The molecular formula is C14H15BrN4O. The number of benzene rings is 1. The summed E-state index contributed by atoms with van der Waals surface area (Å²) >= 11 is 3.43. The van der Waals surface area contributed by atoms with Crippen LogP contribution in [-0.4, -0.2) is 16.2 Å². The van der Waals surface area contributed by atoms with Gasteiger partial charge in [0.1, 0.15) is 0 Å². The Morgan fingerprint density at radius 2 is 2.25 bits per heavy atom. The molecule has 0 amide bonds. The van der Waals surface area contributed by atoms with Crippen molar-refractivity contribution < 1.29 is 0 Å². The lowest BCUT2D eigenvalue weighted by Gasteiger charge is -2.02. The second kappa shape index (κ2) is 7.00. The first-order valence-corrected chi connectivity index (χ1v) is 7.12. The maximum atomic E-state index is 11.5. The zero-order valence-corrected chi connectivity index (χ0v) is 12.6. The first kappa shape index (κ1) is 14.5. The van der Waals surface area contributed by atoms with Gasteiger partial charge in [0.2, 0.25) is 5.95 Å². The predicted molar refractivity (Wildman–Crippen MR) is 84.2 cm³/mol. The largest absolute Gasteiger partial charge is 0.291 e. The molecule has 0 atom stereocenters. The summed E-state index contributed by atoms with van der Waals surface area (Å²) in [6.45, 7) is 2.04. The molecule has 0 spiro atoms. The number of aromatic amines is 1. The van der Waals surface area contributed by atoms with Crippen LogP contribution in [0, 0.1) is 0 Å². The molecule has 0 aliphatic rings. The van der Waals surface area contributed by atoms with E-state index in [9.17, 15) is 4.79 Å². The van der Waals surface area contributed by atoms with E-state index in [2.05, 4.69) is 36.4 Å². The van der Waals surface area contributed by atoms with Gasteiger partial charge in [0.05, 0.1) is 6.21 Å². The average Bonchev–Trinajstić information content (AvgIpc) is 2.41. The molecule has 1 heterocycles. The third-order valence-electron chi connectivity index (χ3n) is 2.58. The number of hydrazone groups is 1. The van der Waals surface area contributed by atoms with Crippen LogP contribution in [0.2, 0.25) is 0 Å². The molecule has 0 aliphatic carbocycles. The molecule has 0 unspecified atom stereocenters. The zero-order valence-electron chi connectivity index (χ0n) is 11.1. The Labute approximate surface area is 125 Å². The molecule has 5 nitrogen and oxygen atoms in total. The van der Waals surface area contributed by atoms with Crippen LogP contribution >= 0.6 is 15.9 Å². The number of anilines is 1. The first-order chi connectivity index (χ1) is 9.69. The highest BCUT2D eigenvalue weighted by molar-refractivity contribution is 9.10. The summed E-state index contributed by atoms with van der Waals surface area (Å²) in [7, 11) is 0. The highest BCUT2D eigenvalue weighted by Gasteiger charge is 1.99. The second-order valence-electron chi connectivity index (χ2n) is 4.23. The van der Waals surface area contributed by atoms with Gasteiger partial charge in [-0.3, -0.25) is 9.78 Å². The minimum absolute atomic E-state index is 0.179. The van der Waals surface area contributed by atoms with Gasteiger partial charge < -0.3 is 0 Å². The quantitative estimate of drug-likeness (QED) is 0.652. The van der Waals surface area contributed by atoms with Crippen LogP contribution in [0.15, 0.2) is 44.7 Å². The van der Waals surface area contributed by atoms with E-state index in [1.54, 1.807) is 6.21 Å². The number of hydrogen-bond acceptors (Lipinski definition) is 4. The van der Waals surface area contributed by atoms with Crippen LogP contribution < -0.4 is 11.0 Å². The van der Waals surface area contributed by atoms with Gasteiger partial charge in [-0.1, -0.05) is 47.5 Å². The van der Waals surface area contributed by atoms with Crippen molar-refractivity contribution in [3.63, 3.8) is 0 Å². The lowest BCUT2D eigenvalue weighted by molar-refractivity contribution is 0.867. The van der Waals surface area contributed by atoms with Crippen molar-refractivity contribution in [1.29, 1.82) is 0 Å². The highest BCUT2D eigenvalue weighted by Crippen LogP contribution is 2.13. The number of H-pyrrole nitrogens is 1. The Kier molecular flexibility index (Phi) is 5.06. The monoisotopic (exact) mass is 334 g/mol. The Morgan fingerprint density at radius 3 is 3.00 bits per heavy atom. The van der Waals surface area contributed by atoms with Gasteiger partial charge in [-0.2, -0.15) is 5.10 Å². The third kappa shape index (κ3) is 4.03. The Balaban J connectivity index is 2.11. The molecule has 1 aromatic heterocycles. The van der Waals surface area contributed by atoms with Crippen LogP contribution in [0.4, 0.5) is 5.95 Å². The minimum atomic E-state index is -0.179. The molecule has 0 fully saturated rings. The molecular weight excluding hydrogens is 320 g/mol. The van der Waals surface area contributed by atoms with Gasteiger partial charge in [0.15, 0.2) is 0 Å². The summed E-state index contributed by atoms with van der Waals surface area (Å²) in [5, 5.41) is 4.08. The van der Waals surface area contributed by atoms with Crippen molar-refractivity contribution in [3.05, 3.63) is 56.4 Å². The standard InChI is InChI=1S/C14H15BrN4O/c1-2-5-11-8-13(20)18-14(17-11)19-16-9-10-6-3-4-7-12(10)15/h3-4,6-9H,2,5H2,1H3,(H2,17,18,19,20)/b16-9+. The number of aromatic nitrogens is 2. The molecule has 0 saturated carbocycles. The van der Waals surface area contributed by atoms with Crippen LogP contribution in [-0.2, 0) is 6.42 Å². The maximum absolute atomic E-state index is 11.5. The fourth-order valence-corrected chi connectivity index (χ4v) is 2.08. The number of aryl methyl sites for hydroxylation is 1. The molecule has 2 rings (SSSR count). The van der Waals surface area contributed by atoms with Crippen LogP contribution in [0.5, 0.6) is 0 Å². The molecule has 104 valence electrons. The van der Waals surface area contributed by atoms with Gasteiger partial charge in [-0.25, -0.2) is 10.4 Å². The lowest BCUT2D eigenvalue weighted by atomic mass is 10.2. The Morgan fingerprint density at radius 1 is 1.45 bits per heavy atom. The number of halogens is 1. The fourth-order valence-electron chi connectivity index (χ4n) is 1.69. The summed E-state index contributed by atoms with van der Waals surface area (Å²) in [5.74, 6) is 0.351. The van der Waals surface area contributed by atoms with E-state index in [1.165, 1.54) is 6.07 Å². The summed E-state index contributed by atoms with van der Waals surface area (Å²) in [4.78, 5) is 18.4. The van der Waals surface area contributed by atoms with Crippen molar-refractivity contribution >= 4 is 28.1 Å². The number of nitrogens with zero attached hydrogens (tertiary/aromatic N) is 2. The van der Waals surface area contributed by atoms with Crippen molar-refractivity contribution in [1.82, 2.24) is 9.97 Å². The first-order valence-electron chi connectivity index (χ1n) is 6.33. The zero-order chi connectivity index (χ0) is 14.4. The fraction of sp³-hybridized carbons (Fsp3) is 0.214. The van der Waals surface area contributed by atoms with E-state index >= 15 is 0 Å². The topological polar surface area (TPSA) is 70.1 Å². The van der Waals surface area contributed by atoms with E-state index in [4.69, 9.17) is 0 Å². The van der Waals surface area contributed by atoms with Gasteiger partial charge in [0, 0.05) is 21.8 Å². The SMILES string of the molecule is CCCc1cc(=O)[nH]c(N/N=C/c2ccccc2Br)n1. The average molecular weight is 335 g/mol.